The maximum Gasteiger partial charge on any atom is 0.197 e. The van der Waals surface area contributed by atoms with Gasteiger partial charge in [0.15, 0.2) is 5.43 Å². The lowest BCUT2D eigenvalue weighted by Crippen LogP contribution is -2.40. The molecule has 3 aromatic rings. The summed E-state index contributed by atoms with van der Waals surface area (Å²) in [5, 5.41) is 11.6. The standard InChI is InChI=1S/C23H24ClNO5/c1-25-9-8-14(17(27)12-25)21-19(28-2)11-20(29-3)22-16(26)10-18(30-23(21)22)13-6-4-5-7-15(13)24/h4-7,10-11,14,17,27H,8-9,12H2,1-3H3/t14-,17+/m1/s1. The van der Waals surface area contributed by atoms with Crippen molar-refractivity contribution in [2.24, 2.45) is 0 Å². The monoisotopic (exact) mass is 429 g/mol. The molecule has 4 rings (SSSR count). The van der Waals surface area contributed by atoms with Crippen LogP contribution in [0, 0.1) is 0 Å². The summed E-state index contributed by atoms with van der Waals surface area (Å²) in [7, 11) is 5.03. The maximum absolute atomic E-state index is 13.1. The highest BCUT2D eigenvalue weighted by molar-refractivity contribution is 6.33. The first-order chi connectivity index (χ1) is 14.4. The van der Waals surface area contributed by atoms with Crippen LogP contribution in [0.5, 0.6) is 11.5 Å². The summed E-state index contributed by atoms with van der Waals surface area (Å²) in [6.45, 7) is 1.34. The Labute approximate surface area is 179 Å². The first kappa shape index (κ1) is 20.7. The Hall–Kier alpha value is -2.54. The molecule has 30 heavy (non-hydrogen) atoms. The van der Waals surface area contributed by atoms with Gasteiger partial charge in [0.25, 0.3) is 0 Å². The van der Waals surface area contributed by atoms with Gasteiger partial charge in [0.2, 0.25) is 0 Å². The zero-order chi connectivity index (χ0) is 21.4. The van der Waals surface area contributed by atoms with Gasteiger partial charge < -0.3 is 23.9 Å². The molecule has 2 atom stereocenters. The van der Waals surface area contributed by atoms with Crippen LogP contribution in [0.25, 0.3) is 22.3 Å². The number of likely N-dealkylation sites (N-methyl/N-ethyl adjacent to an activating group) is 1. The van der Waals surface area contributed by atoms with Crippen LogP contribution < -0.4 is 14.9 Å². The number of β-amino-alcohol motifs (C(OH)–C–C–N with tert-alkyl or cyclic N) is 1. The van der Waals surface area contributed by atoms with Crippen molar-refractivity contribution >= 4 is 22.6 Å². The molecule has 1 fully saturated rings. The molecule has 7 heteroatoms. The zero-order valence-corrected chi connectivity index (χ0v) is 17.9. The number of hydrogen-bond acceptors (Lipinski definition) is 6. The van der Waals surface area contributed by atoms with Crippen LogP contribution in [-0.4, -0.2) is 50.5 Å². The molecule has 0 unspecified atom stereocenters. The molecule has 0 bridgehead atoms. The molecule has 1 aliphatic heterocycles. The molecule has 1 aromatic heterocycles. The highest BCUT2D eigenvalue weighted by Gasteiger charge is 2.33. The predicted octanol–water partition coefficient (Wildman–Crippen LogP) is 3.91. The SMILES string of the molecule is COc1cc(OC)c2c(=O)cc(-c3ccccc3Cl)oc2c1[C@@H]1CCN(C)C[C@@H]1O. The van der Waals surface area contributed by atoms with E-state index in [0.717, 1.165) is 6.54 Å². The fourth-order valence-electron chi connectivity index (χ4n) is 4.20. The normalized spacial score (nSPS) is 19.8. The first-order valence-electron chi connectivity index (χ1n) is 9.78. The second-order valence-electron chi connectivity index (χ2n) is 7.58. The number of rotatable bonds is 4. The highest BCUT2D eigenvalue weighted by atomic mass is 35.5. The lowest BCUT2D eigenvalue weighted by atomic mass is 9.85. The minimum atomic E-state index is -0.622. The van der Waals surface area contributed by atoms with Gasteiger partial charge in [-0.1, -0.05) is 23.7 Å². The first-order valence-corrected chi connectivity index (χ1v) is 10.2. The van der Waals surface area contributed by atoms with Gasteiger partial charge in [0, 0.05) is 35.7 Å². The Balaban J connectivity index is 2.04. The molecular weight excluding hydrogens is 406 g/mol. The number of aliphatic hydroxyl groups excluding tert-OH is 1. The van der Waals surface area contributed by atoms with E-state index in [4.69, 9.17) is 25.5 Å². The number of fused-ring (bicyclic) bond motifs is 1. The van der Waals surface area contributed by atoms with Crippen molar-refractivity contribution in [3.8, 4) is 22.8 Å². The van der Waals surface area contributed by atoms with Crippen molar-refractivity contribution in [3.63, 3.8) is 0 Å². The lowest BCUT2D eigenvalue weighted by molar-refractivity contribution is 0.0630. The summed E-state index contributed by atoms with van der Waals surface area (Å²) in [6, 6.07) is 10.3. The predicted molar refractivity (Wildman–Crippen MR) is 117 cm³/mol. The Morgan fingerprint density at radius 1 is 1.17 bits per heavy atom. The molecule has 1 saturated heterocycles. The average molecular weight is 430 g/mol. The molecule has 2 aromatic carbocycles. The van der Waals surface area contributed by atoms with Crippen LogP contribution in [0.4, 0.5) is 0 Å². The summed E-state index contributed by atoms with van der Waals surface area (Å²) in [6.07, 6.45) is 0.0821. The van der Waals surface area contributed by atoms with Crippen molar-refractivity contribution < 1.29 is 19.0 Å². The molecule has 0 amide bonds. The molecule has 1 aliphatic rings. The quantitative estimate of drug-likeness (QED) is 0.678. The van der Waals surface area contributed by atoms with Gasteiger partial charge in [-0.3, -0.25) is 4.79 Å². The van der Waals surface area contributed by atoms with Crippen LogP contribution in [-0.2, 0) is 0 Å². The van der Waals surface area contributed by atoms with Crippen molar-refractivity contribution in [1.82, 2.24) is 4.90 Å². The number of aliphatic hydroxyl groups is 1. The van der Waals surface area contributed by atoms with E-state index in [1.54, 1.807) is 25.3 Å². The van der Waals surface area contributed by atoms with Gasteiger partial charge in [-0.2, -0.15) is 0 Å². The van der Waals surface area contributed by atoms with Crippen LogP contribution >= 0.6 is 11.6 Å². The number of hydrogen-bond donors (Lipinski definition) is 1. The summed E-state index contributed by atoms with van der Waals surface area (Å²) in [5.41, 5.74) is 1.42. The number of nitrogens with zero attached hydrogens (tertiary/aromatic N) is 1. The van der Waals surface area contributed by atoms with Crippen molar-refractivity contribution in [2.75, 3.05) is 34.4 Å². The molecule has 0 saturated carbocycles. The van der Waals surface area contributed by atoms with Crippen LogP contribution in [0.1, 0.15) is 17.9 Å². The Bertz CT molecular complexity index is 1140. The van der Waals surface area contributed by atoms with E-state index in [9.17, 15) is 9.90 Å². The number of methoxy groups -OCH3 is 2. The third kappa shape index (κ3) is 3.55. The summed E-state index contributed by atoms with van der Waals surface area (Å²) in [4.78, 5) is 15.2. The van der Waals surface area contributed by atoms with Gasteiger partial charge in [-0.25, -0.2) is 0 Å². The summed E-state index contributed by atoms with van der Waals surface area (Å²) < 4.78 is 17.4. The number of likely N-dealkylation sites (tertiary alicyclic amines) is 1. The second-order valence-corrected chi connectivity index (χ2v) is 7.99. The van der Waals surface area contributed by atoms with E-state index in [1.807, 2.05) is 19.2 Å². The minimum Gasteiger partial charge on any atom is -0.496 e. The van der Waals surface area contributed by atoms with E-state index in [-0.39, 0.29) is 11.3 Å². The Morgan fingerprint density at radius 2 is 1.90 bits per heavy atom. The average Bonchev–Trinajstić information content (AvgIpc) is 2.73. The largest absolute Gasteiger partial charge is 0.496 e. The number of benzene rings is 2. The highest BCUT2D eigenvalue weighted by Crippen LogP contribution is 2.43. The third-order valence-corrected chi connectivity index (χ3v) is 6.03. The van der Waals surface area contributed by atoms with Crippen LogP contribution in [0.2, 0.25) is 5.02 Å². The zero-order valence-electron chi connectivity index (χ0n) is 17.1. The lowest BCUT2D eigenvalue weighted by Gasteiger charge is -2.34. The van der Waals surface area contributed by atoms with E-state index in [0.29, 0.717) is 57.3 Å². The topological polar surface area (TPSA) is 72.1 Å². The number of ether oxygens (including phenoxy) is 2. The fourth-order valence-corrected chi connectivity index (χ4v) is 4.43. The molecule has 0 radical (unpaired) electrons. The van der Waals surface area contributed by atoms with Gasteiger partial charge in [-0.15, -0.1) is 0 Å². The molecular formula is C23H24ClNO5. The molecule has 158 valence electrons. The van der Waals surface area contributed by atoms with E-state index in [2.05, 4.69) is 4.90 Å². The Kier molecular flexibility index (Phi) is 5.73. The second kappa shape index (κ2) is 8.30. The molecule has 1 N–H and O–H groups in total. The van der Waals surface area contributed by atoms with Gasteiger partial charge >= 0.3 is 0 Å². The van der Waals surface area contributed by atoms with Crippen molar-refractivity contribution in [3.05, 3.63) is 57.2 Å². The van der Waals surface area contributed by atoms with Gasteiger partial charge in [0.1, 0.15) is 28.2 Å². The molecule has 0 aliphatic carbocycles. The van der Waals surface area contributed by atoms with Crippen molar-refractivity contribution in [1.29, 1.82) is 0 Å². The summed E-state index contributed by atoms with van der Waals surface area (Å²) >= 11 is 6.35. The van der Waals surface area contributed by atoms with E-state index in [1.165, 1.54) is 13.2 Å². The van der Waals surface area contributed by atoms with E-state index < -0.39 is 6.10 Å². The van der Waals surface area contributed by atoms with Crippen LogP contribution in [0.3, 0.4) is 0 Å². The molecule has 6 nitrogen and oxygen atoms in total. The van der Waals surface area contributed by atoms with E-state index >= 15 is 0 Å². The molecule has 0 spiro atoms. The number of piperidine rings is 1. The minimum absolute atomic E-state index is 0.241. The van der Waals surface area contributed by atoms with Gasteiger partial charge in [-0.05, 0) is 32.1 Å². The summed E-state index contributed by atoms with van der Waals surface area (Å²) in [5.74, 6) is 1.01. The Morgan fingerprint density at radius 3 is 2.57 bits per heavy atom. The maximum atomic E-state index is 13.1. The molecule has 2 heterocycles. The van der Waals surface area contributed by atoms with Crippen LogP contribution in [0.15, 0.2) is 45.6 Å². The van der Waals surface area contributed by atoms with Gasteiger partial charge in [0.05, 0.1) is 25.3 Å². The fraction of sp³-hybridized carbons (Fsp3) is 0.348. The number of halogens is 1. The smallest absolute Gasteiger partial charge is 0.197 e. The third-order valence-electron chi connectivity index (χ3n) is 5.70. The van der Waals surface area contributed by atoms with Crippen molar-refractivity contribution in [2.45, 2.75) is 18.4 Å².